The van der Waals surface area contributed by atoms with Crippen molar-refractivity contribution in [1.29, 1.82) is 0 Å². The molecular formula is C21H18N4O3. The number of carboxylic acid groups (broad SMARTS) is 1. The monoisotopic (exact) mass is 374 g/mol. The van der Waals surface area contributed by atoms with Gasteiger partial charge in [-0.25, -0.2) is 14.5 Å². The van der Waals surface area contributed by atoms with Crippen molar-refractivity contribution in [3.05, 3.63) is 82.9 Å². The van der Waals surface area contributed by atoms with Gasteiger partial charge < -0.3 is 10.4 Å². The van der Waals surface area contributed by atoms with E-state index in [9.17, 15) is 14.7 Å². The van der Waals surface area contributed by atoms with E-state index >= 15 is 0 Å². The second-order valence-corrected chi connectivity index (χ2v) is 6.50. The molecule has 1 aromatic carbocycles. The highest BCUT2D eigenvalue weighted by molar-refractivity contribution is 6.11. The van der Waals surface area contributed by atoms with Crippen molar-refractivity contribution < 1.29 is 14.7 Å². The van der Waals surface area contributed by atoms with Crippen LogP contribution in [-0.2, 0) is 6.42 Å². The second-order valence-electron chi connectivity index (χ2n) is 6.50. The molecule has 0 saturated carbocycles. The van der Waals surface area contributed by atoms with Gasteiger partial charge in [-0.2, -0.15) is 5.10 Å². The molecule has 7 heteroatoms. The van der Waals surface area contributed by atoms with E-state index in [1.807, 2.05) is 25.1 Å². The molecule has 2 heterocycles. The van der Waals surface area contributed by atoms with Crippen molar-refractivity contribution in [3.63, 3.8) is 0 Å². The fourth-order valence-corrected chi connectivity index (χ4v) is 3.40. The number of para-hydroxylation sites is 1. The molecule has 0 aliphatic heterocycles. The Balaban J connectivity index is 1.65. The number of aromatic carboxylic acids is 1. The molecule has 2 aromatic heterocycles. The first-order chi connectivity index (χ1) is 13.6. The highest BCUT2D eigenvalue weighted by Gasteiger charge is 2.29. The van der Waals surface area contributed by atoms with Crippen molar-refractivity contribution in [2.75, 3.05) is 5.32 Å². The Morgan fingerprint density at radius 1 is 1.18 bits per heavy atom. The van der Waals surface area contributed by atoms with Crippen LogP contribution in [0.3, 0.4) is 0 Å². The summed E-state index contributed by atoms with van der Waals surface area (Å²) in [6.07, 6.45) is 4.47. The molecule has 0 spiro atoms. The van der Waals surface area contributed by atoms with Crippen LogP contribution in [0.5, 0.6) is 0 Å². The van der Waals surface area contributed by atoms with Crippen molar-refractivity contribution in [1.82, 2.24) is 14.8 Å². The van der Waals surface area contributed by atoms with E-state index in [-0.39, 0.29) is 11.3 Å². The van der Waals surface area contributed by atoms with Crippen LogP contribution in [0.4, 0.5) is 5.69 Å². The average molecular weight is 374 g/mol. The molecular weight excluding hydrogens is 356 g/mol. The number of aromatic nitrogens is 3. The molecule has 0 bridgehead atoms. The third kappa shape index (κ3) is 3.07. The van der Waals surface area contributed by atoms with Crippen LogP contribution in [0.25, 0.3) is 5.82 Å². The molecule has 0 radical (unpaired) electrons. The number of carbonyl (C=O) groups is 2. The fourth-order valence-electron chi connectivity index (χ4n) is 3.40. The maximum Gasteiger partial charge on any atom is 0.337 e. The van der Waals surface area contributed by atoms with E-state index in [0.29, 0.717) is 41.2 Å². The van der Waals surface area contributed by atoms with E-state index < -0.39 is 5.97 Å². The Bertz CT molecular complexity index is 1100. The van der Waals surface area contributed by atoms with Gasteiger partial charge in [0.25, 0.3) is 0 Å². The van der Waals surface area contributed by atoms with Crippen LogP contribution in [0, 0.1) is 6.92 Å². The summed E-state index contributed by atoms with van der Waals surface area (Å²) in [5.41, 5.74) is 3.30. The van der Waals surface area contributed by atoms with Gasteiger partial charge in [-0.05, 0) is 44.0 Å². The molecule has 2 N–H and O–H groups in total. The van der Waals surface area contributed by atoms with Gasteiger partial charge in [0.05, 0.1) is 28.2 Å². The summed E-state index contributed by atoms with van der Waals surface area (Å²) in [6.45, 7) is 1.81. The Morgan fingerprint density at radius 3 is 2.71 bits per heavy atom. The van der Waals surface area contributed by atoms with E-state index in [1.165, 1.54) is 6.07 Å². The molecule has 0 amide bonds. The maximum atomic E-state index is 13.0. The van der Waals surface area contributed by atoms with Gasteiger partial charge >= 0.3 is 5.97 Å². The molecule has 4 rings (SSSR count). The fraction of sp³-hybridized carbons (Fsp3) is 0.143. The lowest BCUT2D eigenvalue weighted by Crippen LogP contribution is -2.17. The largest absolute Gasteiger partial charge is 0.478 e. The van der Waals surface area contributed by atoms with E-state index in [0.717, 1.165) is 5.69 Å². The van der Waals surface area contributed by atoms with Crippen molar-refractivity contribution >= 4 is 17.4 Å². The van der Waals surface area contributed by atoms with Gasteiger partial charge in [0.15, 0.2) is 11.6 Å². The number of nitrogens with zero attached hydrogens (tertiary/aromatic N) is 3. The number of hydrogen-bond acceptors (Lipinski definition) is 5. The number of pyridine rings is 1. The van der Waals surface area contributed by atoms with Gasteiger partial charge in [-0.1, -0.05) is 18.2 Å². The number of carboxylic acids is 1. The third-order valence-electron chi connectivity index (χ3n) is 4.73. The maximum absolute atomic E-state index is 13.0. The predicted octanol–water partition coefficient (Wildman–Crippen LogP) is 3.40. The molecule has 1 aliphatic carbocycles. The molecule has 0 fully saturated rings. The van der Waals surface area contributed by atoms with Crippen molar-refractivity contribution in [2.45, 2.75) is 19.8 Å². The van der Waals surface area contributed by atoms with Crippen LogP contribution in [0.15, 0.2) is 60.4 Å². The molecule has 28 heavy (non-hydrogen) atoms. The zero-order chi connectivity index (χ0) is 19.7. The molecule has 7 nitrogen and oxygen atoms in total. The third-order valence-corrected chi connectivity index (χ3v) is 4.73. The highest BCUT2D eigenvalue weighted by Crippen LogP contribution is 2.29. The summed E-state index contributed by atoms with van der Waals surface area (Å²) in [4.78, 5) is 28.7. The van der Waals surface area contributed by atoms with Gasteiger partial charge in [0, 0.05) is 18.0 Å². The first kappa shape index (κ1) is 17.7. The van der Waals surface area contributed by atoms with Crippen LogP contribution in [-0.4, -0.2) is 31.6 Å². The number of nitrogens with one attached hydrogen (secondary N) is 1. The van der Waals surface area contributed by atoms with Crippen molar-refractivity contribution in [2.24, 2.45) is 0 Å². The van der Waals surface area contributed by atoms with Crippen LogP contribution < -0.4 is 5.32 Å². The summed E-state index contributed by atoms with van der Waals surface area (Å²) < 4.78 is 1.73. The summed E-state index contributed by atoms with van der Waals surface area (Å²) in [6, 6.07) is 12.2. The minimum absolute atomic E-state index is 0.0961. The number of benzene rings is 1. The standard InChI is InChI=1S/C21H18N4O3/c1-13-19-17(25(24-13)18-8-4-5-11-22-18)10-9-14(20(19)26)12-23-16-7-3-2-6-15(16)21(27)28/h2-8,11-12,23H,9-10H2,1H3,(H,27,28)/b14-12-. The van der Waals surface area contributed by atoms with E-state index in [4.69, 9.17) is 0 Å². The minimum atomic E-state index is -1.02. The Morgan fingerprint density at radius 2 is 1.96 bits per heavy atom. The zero-order valence-electron chi connectivity index (χ0n) is 15.2. The lowest BCUT2D eigenvalue weighted by molar-refractivity contribution is 0.0697. The normalized spacial score (nSPS) is 14.8. The van der Waals surface area contributed by atoms with Crippen molar-refractivity contribution in [3.8, 4) is 5.82 Å². The van der Waals surface area contributed by atoms with Gasteiger partial charge in [0.1, 0.15) is 0 Å². The van der Waals surface area contributed by atoms with Crippen LogP contribution in [0.1, 0.15) is 38.5 Å². The van der Waals surface area contributed by atoms with E-state index in [2.05, 4.69) is 15.4 Å². The lowest BCUT2D eigenvalue weighted by Gasteiger charge is -2.16. The number of allylic oxidation sites excluding steroid dienone is 1. The SMILES string of the molecule is Cc1nn(-c2ccccn2)c2c1C(=O)/C(=C\Nc1ccccc1C(=O)O)CC2. The second kappa shape index (κ2) is 7.11. The number of fused-ring (bicyclic) bond motifs is 1. The summed E-state index contributed by atoms with van der Waals surface area (Å²) in [5, 5.41) is 16.8. The first-order valence-corrected chi connectivity index (χ1v) is 8.88. The number of aryl methyl sites for hydroxylation is 1. The van der Waals surface area contributed by atoms with E-state index in [1.54, 1.807) is 35.3 Å². The van der Waals surface area contributed by atoms with Crippen LogP contribution >= 0.6 is 0 Å². The molecule has 140 valence electrons. The Kier molecular flexibility index (Phi) is 4.49. The summed E-state index contributed by atoms with van der Waals surface area (Å²) >= 11 is 0. The number of hydrogen-bond donors (Lipinski definition) is 2. The molecule has 0 unspecified atom stereocenters. The molecule has 1 aliphatic rings. The number of anilines is 1. The smallest absolute Gasteiger partial charge is 0.337 e. The summed E-state index contributed by atoms with van der Waals surface area (Å²) in [5.74, 6) is -0.437. The number of rotatable bonds is 4. The molecule has 3 aromatic rings. The number of Topliss-reactive ketones (excluding diaryl/α,β-unsaturated/α-hetero) is 1. The van der Waals surface area contributed by atoms with Gasteiger partial charge in [-0.3, -0.25) is 4.79 Å². The highest BCUT2D eigenvalue weighted by atomic mass is 16.4. The quantitative estimate of drug-likeness (QED) is 0.680. The number of carbonyl (C=O) groups excluding carboxylic acids is 1. The van der Waals surface area contributed by atoms with Gasteiger partial charge in [-0.15, -0.1) is 0 Å². The minimum Gasteiger partial charge on any atom is -0.478 e. The number of ketones is 1. The Labute approximate surface area is 161 Å². The molecule has 0 saturated heterocycles. The topological polar surface area (TPSA) is 97.1 Å². The lowest BCUT2D eigenvalue weighted by atomic mass is 9.90. The zero-order valence-corrected chi connectivity index (χ0v) is 15.2. The molecule has 0 atom stereocenters. The summed E-state index contributed by atoms with van der Waals surface area (Å²) in [7, 11) is 0. The van der Waals surface area contributed by atoms with Gasteiger partial charge in [0.2, 0.25) is 0 Å². The average Bonchev–Trinajstić information content (AvgIpc) is 3.05. The first-order valence-electron chi connectivity index (χ1n) is 8.88. The predicted molar refractivity (Wildman–Crippen MR) is 104 cm³/mol. The van der Waals surface area contributed by atoms with Crippen LogP contribution in [0.2, 0.25) is 0 Å². The Hall–Kier alpha value is -3.74.